The van der Waals surface area contributed by atoms with Gasteiger partial charge in [0.1, 0.15) is 0 Å². The largest absolute Gasteiger partial charge is 0.391 e. The van der Waals surface area contributed by atoms with Gasteiger partial charge in [-0.15, -0.1) is 12.4 Å². The molecule has 1 saturated carbocycles. The highest BCUT2D eigenvalue weighted by molar-refractivity contribution is 7.58. The van der Waals surface area contributed by atoms with Crippen LogP contribution in [-0.2, 0) is 17.7 Å². The predicted molar refractivity (Wildman–Crippen MR) is 152 cm³/mol. The monoisotopic (exact) mass is 604 g/mol. The molecule has 1 unspecified atom stereocenters. The first-order chi connectivity index (χ1) is 16.1. The Bertz CT molecular complexity index is 961. The van der Waals surface area contributed by atoms with Crippen LogP contribution in [0.2, 0.25) is 20.1 Å². The van der Waals surface area contributed by atoms with Crippen LogP contribution in [0.15, 0.2) is 36.4 Å². The van der Waals surface area contributed by atoms with Gasteiger partial charge < -0.3 is 21.1 Å². The fourth-order valence-electron chi connectivity index (χ4n) is 3.94. The second kappa shape index (κ2) is 16.7. The highest BCUT2D eigenvalue weighted by Crippen LogP contribution is 2.45. The highest BCUT2D eigenvalue weighted by Gasteiger charge is 2.27. The molecule has 35 heavy (non-hydrogen) atoms. The van der Waals surface area contributed by atoms with Crippen molar-refractivity contribution in [2.75, 3.05) is 18.9 Å². The van der Waals surface area contributed by atoms with Crippen LogP contribution >= 0.6 is 66.2 Å². The third-order valence-corrected chi connectivity index (χ3v) is 9.23. The number of nitrogens with two attached hydrogens (primary N) is 1. The number of nitrogens with one attached hydrogen (secondary N) is 1. The number of rotatable bonds is 9. The summed E-state index contributed by atoms with van der Waals surface area (Å²) in [4.78, 5) is 10.2. The van der Waals surface area contributed by atoms with Gasteiger partial charge in [-0.3, -0.25) is 4.57 Å². The lowest BCUT2D eigenvalue weighted by molar-refractivity contribution is 0.189. The van der Waals surface area contributed by atoms with Crippen molar-refractivity contribution in [3.8, 4) is 0 Å². The zero-order valence-corrected chi connectivity index (χ0v) is 24.2. The minimum absolute atomic E-state index is 0. The number of hydrogen-bond acceptors (Lipinski definition) is 4. The molecule has 0 saturated heterocycles. The summed E-state index contributed by atoms with van der Waals surface area (Å²) in [6.45, 7) is 1.29. The Hall–Kier alpha value is -0.0400. The molecule has 0 aliphatic heterocycles. The van der Waals surface area contributed by atoms with Gasteiger partial charge in [0, 0.05) is 25.8 Å². The zero-order valence-electron chi connectivity index (χ0n) is 19.4. The summed E-state index contributed by atoms with van der Waals surface area (Å²) in [6, 6.07) is 10.7. The first-order valence-corrected chi connectivity index (χ1v) is 14.9. The van der Waals surface area contributed by atoms with Crippen molar-refractivity contribution < 1.29 is 14.6 Å². The first-order valence-electron chi connectivity index (χ1n) is 11.4. The molecule has 0 spiro atoms. The van der Waals surface area contributed by atoms with Gasteiger partial charge in [-0.05, 0) is 54.2 Å². The Labute approximate surface area is 234 Å². The standard InChI is InChI=1S/C17H26Cl2NO3P.C7H7Cl2N.ClH/c18-16-7-6-14(8-17(16)19)9-20-10-15(21)12-24(22,23)11-13-4-2-1-3-5-13;8-6-2-1-5(4-10)3-7(6)9;/h6-8,13,15,20-21H,1-5,9-12H2,(H,22,23);1-3H,4,10H2;1H/t15-;;/m0../s1. The number of aliphatic hydroxyl groups is 1. The quantitative estimate of drug-likeness (QED) is 0.227. The first kappa shape index (κ1) is 33.0. The van der Waals surface area contributed by atoms with Crippen LogP contribution < -0.4 is 11.1 Å². The summed E-state index contributed by atoms with van der Waals surface area (Å²) in [5.74, 6) is 0.339. The summed E-state index contributed by atoms with van der Waals surface area (Å²) < 4.78 is 12.3. The zero-order chi connectivity index (χ0) is 25.1. The number of halogens is 5. The van der Waals surface area contributed by atoms with E-state index in [2.05, 4.69) is 5.32 Å². The molecule has 5 N–H and O–H groups in total. The SMILES string of the molecule is Cl.NCc1ccc(Cl)c(Cl)c1.O=P(O)(CC1CCCCC1)C[C@@H](O)CNCc1ccc(Cl)c(Cl)c1. The fourth-order valence-corrected chi connectivity index (χ4v) is 6.69. The van der Waals surface area contributed by atoms with Crippen LogP contribution in [0, 0.1) is 5.92 Å². The Morgan fingerprint density at radius 3 is 2.03 bits per heavy atom. The molecule has 0 amide bonds. The number of hydrogen-bond donors (Lipinski definition) is 4. The van der Waals surface area contributed by atoms with Crippen LogP contribution in [0.5, 0.6) is 0 Å². The third-order valence-electron chi connectivity index (χ3n) is 5.68. The Balaban J connectivity index is 0.000000468. The van der Waals surface area contributed by atoms with Crippen molar-refractivity contribution in [3.63, 3.8) is 0 Å². The molecule has 198 valence electrons. The van der Waals surface area contributed by atoms with E-state index in [1.54, 1.807) is 24.3 Å². The smallest absolute Gasteiger partial charge is 0.203 e. The van der Waals surface area contributed by atoms with Crippen LogP contribution in [-0.4, -0.2) is 35.0 Å². The average Bonchev–Trinajstić information content (AvgIpc) is 2.78. The maximum Gasteiger partial charge on any atom is 0.203 e. The van der Waals surface area contributed by atoms with Gasteiger partial charge in [-0.2, -0.15) is 0 Å². The molecule has 0 radical (unpaired) electrons. The van der Waals surface area contributed by atoms with Crippen molar-refractivity contribution in [2.45, 2.75) is 51.3 Å². The van der Waals surface area contributed by atoms with Gasteiger partial charge >= 0.3 is 0 Å². The molecule has 2 aromatic carbocycles. The molecule has 2 atom stereocenters. The molecule has 1 fully saturated rings. The van der Waals surface area contributed by atoms with Crippen LogP contribution in [0.25, 0.3) is 0 Å². The van der Waals surface area contributed by atoms with Gasteiger partial charge in [-0.25, -0.2) is 0 Å². The van der Waals surface area contributed by atoms with Gasteiger partial charge in [0.15, 0.2) is 0 Å². The van der Waals surface area contributed by atoms with Gasteiger partial charge in [0.2, 0.25) is 7.37 Å². The van der Waals surface area contributed by atoms with E-state index in [-0.39, 0.29) is 25.1 Å². The van der Waals surface area contributed by atoms with Crippen molar-refractivity contribution in [1.29, 1.82) is 0 Å². The van der Waals surface area contributed by atoms with E-state index in [0.29, 0.717) is 45.3 Å². The molecular formula is C24H34Cl5N2O3P. The molecule has 0 heterocycles. The van der Waals surface area contributed by atoms with Crippen molar-refractivity contribution in [3.05, 3.63) is 67.6 Å². The van der Waals surface area contributed by atoms with Gasteiger partial charge in [0.25, 0.3) is 0 Å². The second-order valence-corrected chi connectivity index (χ2v) is 12.8. The molecule has 5 nitrogen and oxygen atoms in total. The molecule has 0 bridgehead atoms. The van der Waals surface area contributed by atoms with E-state index in [1.165, 1.54) is 6.42 Å². The highest BCUT2D eigenvalue weighted by atomic mass is 35.5. The van der Waals surface area contributed by atoms with Crippen LogP contribution in [0.1, 0.15) is 43.2 Å². The van der Waals surface area contributed by atoms with E-state index < -0.39 is 13.5 Å². The second-order valence-electron chi connectivity index (χ2n) is 8.70. The number of aliphatic hydroxyl groups excluding tert-OH is 1. The summed E-state index contributed by atoms with van der Waals surface area (Å²) in [5, 5.41) is 15.3. The van der Waals surface area contributed by atoms with E-state index in [1.807, 2.05) is 12.1 Å². The molecule has 3 rings (SSSR count). The Kier molecular flexibility index (Phi) is 15.8. The molecule has 11 heteroatoms. The molecule has 1 aliphatic carbocycles. The Morgan fingerprint density at radius 2 is 1.49 bits per heavy atom. The van der Waals surface area contributed by atoms with Crippen molar-refractivity contribution in [2.24, 2.45) is 11.7 Å². The van der Waals surface area contributed by atoms with E-state index >= 15 is 0 Å². The molecular weight excluding hydrogens is 573 g/mol. The summed E-state index contributed by atoms with van der Waals surface area (Å²) in [5.41, 5.74) is 7.31. The fraction of sp³-hybridized carbons (Fsp3) is 0.500. The summed E-state index contributed by atoms with van der Waals surface area (Å²) in [6.07, 6.45) is 5.08. The van der Waals surface area contributed by atoms with E-state index in [4.69, 9.17) is 52.1 Å². The Morgan fingerprint density at radius 1 is 0.943 bits per heavy atom. The van der Waals surface area contributed by atoms with Crippen LogP contribution in [0.4, 0.5) is 0 Å². The third kappa shape index (κ3) is 12.8. The van der Waals surface area contributed by atoms with E-state index in [0.717, 1.165) is 36.8 Å². The molecule has 2 aromatic rings. The molecule has 0 aromatic heterocycles. The van der Waals surface area contributed by atoms with Crippen molar-refractivity contribution in [1.82, 2.24) is 5.32 Å². The summed E-state index contributed by atoms with van der Waals surface area (Å²) in [7, 11) is -3.27. The maximum atomic E-state index is 12.3. The lowest BCUT2D eigenvalue weighted by Crippen LogP contribution is -2.30. The average molecular weight is 607 g/mol. The van der Waals surface area contributed by atoms with Gasteiger partial charge in [0.05, 0.1) is 32.4 Å². The predicted octanol–water partition coefficient (Wildman–Crippen LogP) is 7.17. The molecule has 1 aliphatic rings. The lowest BCUT2D eigenvalue weighted by atomic mass is 9.91. The normalized spacial score (nSPS) is 16.4. The lowest BCUT2D eigenvalue weighted by Gasteiger charge is -2.25. The summed E-state index contributed by atoms with van der Waals surface area (Å²) >= 11 is 23.2. The van der Waals surface area contributed by atoms with Gasteiger partial charge in [-0.1, -0.05) is 77.8 Å². The maximum absolute atomic E-state index is 12.3. The van der Waals surface area contributed by atoms with Crippen molar-refractivity contribution >= 4 is 66.2 Å². The minimum atomic E-state index is -3.27. The minimum Gasteiger partial charge on any atom is -0.391 e. The number of benzene rings is 2. The topological polar surface area (TPSA) is 95.6 Å². The van der Waals surface area contributed by atoms with E-state index in [9.17, 15) is 14.6 Å². The van der Waals surface area contributed by atoms with Crippen LogP contribution in [0.3, 0.4) is 0 Å².